The molecule has 0 saturated carbocycles. The van der Waals surface area contributed by atoms with Crippen molar-refractivity contribution in [3.8, 4) is 11.1 Å². The van der Waals surface area contributed by atoms with Gasteiger partial charge in [-0.1, -0.05) is 22.8 Å². The highest BCUT2D eigenvalue weighted by Gasteiger charge is 2.24. The smallest absolute Gasteiger partial charge is 0.200 e. The predicted octanol–water partition coefficient (Wildman–Crippen LogP) is 5.25. The zero-order valence-corrected chi connectivity index (χ0v) is 19.5. The van der Waals surface area contributed by atoms with E-state index in [4.69, 9.17) is 16.1 Å². The third-order valence-electron chi connectivity index (χ3n) is 5.64. The Hall–Kier alpha value is -3.10. The van der Waals surface area contributed by atoms with Crippen molar-refractivity contribution in [1.82, 2.24) is 24.7 Å². The minimum Gasteiger partial charge on any atom is -0.361 e. The number of imidazole rings is 1. The van der Waals surface area contributed by atoms with Gasteiger partial charge in [-0.15, -0.1) is 0 Å². The van der Waals surface area contributed by atoms with E-state index in [0.29, 0.717) is 21.5 Å². The summed E-state index contributed by atoms with van der Waals surface area (Å²) in [6.07, 6.45) is 5.08. The summed E-state index contributed by atoms with van der Waals surface area (Å²) in [5.74, 6) is 0.697. The van der Waals surface area contributed by atoms with E-state index in [0.717, 1.165) is 38.9 Å². The molecule has 162 valence electrons. The molecule has 0 fully saturated rings. The number of hydrogen-bond acceptors (Lipinski definition) is 6. The highest BCUT2D eigenvalue weighted by atomic mass is 35.5. The second-order valence-electron chi connectivity index (χ2n) is 7.69. The minimum atomic E-state index is -1.31. The zero-order chi connectivity index (χ0) is 22.6. The molecule has 32 heavy (non-hydrogen) atoms. The van der Waals surface area contributed by atoms with Crippen LogP contribution < -0.4 is 0 Å². The fourth-order valence-corrected chi connectivity index (χ4v) is 5.16. The molecule has 7 nitrogen and oxygen atoms in total. The Balaban J connectivity index is 1.83. The monoisotopic (exact) mass is 465 g/mol. The first kappa shape index (κ1) is 20.8. The molecule has 0 bridgehead atoms. The lowest BCUT2D eigenvalue weighted by Crippen LogP contribution is -2.12. The highest BCUT2D eigenvalue weighted by molar-refractivity contribution is 7.84. The van der Waals surface area contributed by atoms with Crippen molar-refractivity contribution in [2.45, 2.75) is 32.0 Å². The van der Waals surface area contributed by atoms with Crippen molar-refractivity contribution < 1.29 is 8.73 Å². The molecule has 1 aromatic carbocycles. The highest BCUT2D eigenvalue weighted by Crippen LogP contribution is 2.38. The standard InChI is InChI=1S/C23H20ClN5O2S/c1-12-21(14(3)31-28-12)15-10-19-16(9-17(15)24)22-20(11-26-19)27-23(32(4)30)29(22)13(2)18-7-5-6-8-25-18/h5-11,13H,1-4H3/t13-,32?/m1/s1. The lowest BCUT2D eigenvalue weighted by atomic mass is 10.0. The van der Waals surface area contributed by atoms with Crippen LogP contribution in [0.15, 0.2) is 52.4 Å². The van der Waals surface area contributed by atoms with E-state index in [9.17, 15) is 4.21 Å². The van der Waals surface area contributed by atoms with E-state index in [1.54, 1.807) is 18.6 Å². The molecule has 2 atom stereocenters. The molecular formula is C23H20ClN5O2S. The van der Waals surface area contributed by atoms with Crippen molar-refractivity contribution in [2.24, 2.45) is 0 Å². The van der Waals surface area contributed by atoms with Crippen LogP contribution in [0.5, 0.6) is 0 Å². The quantitative estimate of drug-likeness (QED) is 0.360. The van der Waals surface area contributed by atoms with Gasteiger partial charge in [0.15, 0.2) is 5.16 Å². The molecule has 0 amide bonds. The predicted molar refractivity (Wildman–Crippen MR) is 125 cm³/mol. The van der Waals surface area contributed by atoms with Gasteiger partial charge in [-0.2, -0.15) is 0 Å². The summed E-state index contributed by atoms with van der Waals surface area (Å²) in [6, 6.07) is 9.40. The van der Waals surface area contributed by atoms with Gasteiger partial charge in [-0.3, -0.25) is 14.2 Å². The summed E-state index contributed by atoms with van der Waals surface area (Å²) in [6.45, 7) is 5.76. The summed E-state index contributed by atoms with van der Waals surface area (Å²) < 4.78 is 19.9. The number of aryl methyl sites for hydroxylation is 2. The van der Waals surface area contributed by atoms with E-state index < -0.39 is 10.8 Å². The Morgan fingerprint density at radius 2 is 1.97 bits per heavy atom. The maximum absolute atomic E-state index is 12.6. The normalized spacial score (nSPS) is 13.7. The van der Waals surface area contributed by atoms with Gasteiger partial charge in [0.1, 0.15) is 11.3 Å². The van der Waals surface area contributed by atoms with Crippen LogP contribution in [0.4, 0.5) is 0 Å². The first-order chi connectivity index (χ1) is 15.4. The summed E-state index contributed by atoms with van der Waals surface area (Å²) in [7, 11) is -1.31. The molecule has 0 radical (unpaired) electrons. The van der Waals surface area contributed by atoms with Crippen LogP contribution in [-0.2, 0) is 10.8 Å². The molecule has 1 unspecified atom stereocenters. The van der Waals surface area contributed by atoms with Crippen LogP contribution >= 0.6 is 11.6 Å². The summed E-state index contributed by atoms with van der Waals surface area (Å²) >= 11 is 6.76. The summed E-state index contributed by atoms with van der Waals surface area (Å²) in [5.41, 5.74) is 5.52. The SMILES string of the molecule is Cc1noc(C)c1-c1cc2ncc3nc(S(C)=O)n([C@H](C)c4ccccn4)c3c2cc1Cl. The van der Waals surface area contributed by atoms with Crippen LogP contribution in [0, 0.1) is 13.8 Å². The van der Waals surface area contributed by atoms with Gasteiger partial charge >= 0.3 is 0 Å². The van der Waals surface area contributed by atoms with Crippen molar-refractivity contribution in [3.63, 3.8) is 0 Å². The van der Waals surface area contributed by atoms with Gasteiger partial charge in [-0.05, 0) is 45.0 Å². The first-order valence-corrected chi connectivity index (χ1v) is 12.0. The van der Waals surface area contributed by atoms with Crippen molar-refractivity contribution in [2.75, 3.05) is 6.26 Å². The molecule has 5 aromatic rings. The van der Waals surface area contributed by atoms with Gasteiger partial charge in [-0.25, -0.2) is 4.98 Å². The van der Waals surface area contributed by atoms with E-state index in [-0.39, 0.29) is 6.04 Å². The lowest BCUT2D eigenvalue weighted by molar-refractivity contribution is 0.393. The average molecular weight is 466 g/mol. The van der Waals surface area contributed by atoms with Gasteiger partial charge in [0.2, 0.25) is 0 Å². The van der Waals surface area contributed by atoms with E-state index in [1.165, 1.54) is 0 Å². The topological polar surface area (TPSA) is 86.7 Å². The Labute approximate surface area is 191 Å². The number of benzene rings is 1. The number of hydrogen-bond donors (Lipinski definition) is 0. The van der Waals surface area contributed by atoms with Gasteiger partial charge in [0, 0.05) is 34.0 Å². The summed E-state index contributed by atoms with van der Waals surface area (Å²) in [5, 5.41) is 5.90. The molecule has 0 saturated heterocycles. The number of rotatable bonds is 4. The van der Waals surface area contributed by atoms with Crippen molar-refractivity contribution in [3.05, 3.63) is 64.9 Å². The van der Waals surface area contributed by atoms with Crippen molar-refractivity contribution >= 4 is 44.3 Å². The molecule has 0 spiro atoms. The number of halogens is 1. The third-order valence-corrected chi connectivity index (χ3v) is 6.75. The molecule has 4 aromatic heterocycles. The van der Waals surface area contributed by atoms with Crippen LogP contribution in [0.2, 0.25) is 5.02 Å². The Bertz CT molecular complexity index is 1490. The molecule has 4 heterocycles. The molecule has 0 aliphatic rings. The van der Waals surface area contributed by atoms with Crippen LogP contribution in [0.1, 0.15) is 30.1 Å². The van der Waals surface area contributed by atoms with Crippen molar-refractivity contribution in [1.29, 1.82) is 0 Å². The van der Waals surface area contributed by atoms with Crippen LogP contribution in [0.3, 0.4) is 0 Å². The average Bonchev–Trinajstić information content (AvgIpc) is 3.34. The lowest BCUT2D eigenvalue weighted by Gasteiger charge is -2.17. The third kappa shape index (κ3) is 3.22. The number of aromatic nitrogens is 5. The van der Waals surface area contributed by atoms with Gasteiger partial charge in [0.05, 0.1) is 45.5 Å². The van der Waals surface area contributed by atoms with Gasteiger partial charge in [0.25, 0.3) is 0 Å². The minimum absolute atomic E-state index is 0.188. The number of fused-ring (bicyclic) bond motifs is 3. The Kier molecular flexibility index (Phi) is 5.06. The fourth-order valence-electron chi connectivity index (χ4n) is 4.15. The molecule has 0 N–H and O–H groups in total. The molecule has 5 rings (SSSR count). The molecule has 0 aliphatic carbocycles. The van der Waals surface area contributed by atoms with Crippen LogP contribution in [-0.4, -0.2) is 35.1 Å². The van der Waals surface area contributed by atoms with E-state index in [2.05, 4.69) is 20.1 Å². The van der Waals surface area contributed by atoms with E-state index >= 15 is 0 Å². The van der Waals surface area contributed by atoms with Gasteiger partial charge < -0.3 is 9.09 Å². The second kappa shape index (κ2) is 7.79. The largest absolute Gasteiger partial charge is 0.361 e. The maximum Gasteiger partial charge on any atom is 0.200 e. The number of nitrogens with zero attached hydrogens (tertiary/aromatic N) is 5. The van der Waals surface area contributed by atoms with Crippen LogP contribution in [0.25, 0.3) is 33.1 Å². The second-order valence-corrected chi connectivity index (χ2v) is 9.37. The maximum atomic E-state index is 12.6. The zero-order valence-electron chi connectivity index (χ0n) is 18.0. The Morgan fingerprint density at radius 1 is 1.16 bits per heavy atom. The summed E-state index contributed by atoms with van der Waals surface area (Å²) in [4.78, 5) is 13.8. The number of pyridine rings is 2. The van der Waals surface area contributed by atoms with E-state index in [1.807, 2.05) is 55.7 Å². The molecular weight excluding hydrogens is 446 g/mol. The fraction of sp³-hybridized carbons (Fsp3) is 0.217. The Morgan fingerprint density at radius 3 is 2.62 bits per heavy atom. The molecule has 0 aliphatic heterocycles. The molecule has 9 heteroatoms. The first-order valence-electron chi connectivity index (χ1n) is 10.0.